The maximum atomic E-state index is 4.91. The molecule has 0 aliphatic carbocycles. The summed E-state index contributed by atoms with van der Waals surface area (Å²) in [7, 11) is 0. The zero-order chi connectivity index (χ0) is 31.6. The van der Waals surface area contributed by atoms with Gasteiger partial charge in [0, 0.05) is 11.1 Å². The second kappa shape index (κ2) is 11.0. The first-order valence-corrected chi connectivity index (χ1v) is 17.5. The molecule has 48 heavy (non-hydrogen) atoms. The van der Waals surface area contributed by atoms with Crippen LogP contribution in [-0.2, 0) is 0 Å². The van der Waals surface area contributed by atoms with E-state index in [-0.39, 0.29) is 0 Å². The van der Waals surface area contributed by atoms with Gasteiger partial charge in [-0.05, 0) is 69.1 Å². The van der Waals surface area contributed by atoms with Crippen LogP contribution < -0.4 is 4.90 Å². The van der Waals surface area contributed by atoms with E-state index in [1.807, 2.05) is 12.1 Å². The molecule has 0 aliphatic heterocycles. The average Bonchev–Trinajstić information content (AvgIpc) is 3.94. The van der Waals surface area contributed by atoms with Crippen LogP contribution in [0, 0.1) is 0 Å². The van der Waals surface area contributed by atoms with E-state index in [1.165, 1.54) is 56.7 Å². The van der Waals surface area contributed by atoms with E-state index in [2.05, 4.69) is 125 Å². The van der Waals surface area contributed by atoms with E-state index in [0.29, 0.717) is 0 Å². The quantitative estimate of drug-likeness (QED) is 0.180. The lowest BCUT2D eigenvalue weighted by atomic mass is 9.96. The van der Waals surface area contributed by atoms with Crippen molar-refractivity contribution in [2.75, 3.05) is 4.90 Å². The van der Waals surface area contributed by atoms with Crippen LogP contribution in [0.4, 0.5) is 17.1 Å². The molecule has 0 aliphatic rings. The molecule has 7 aromatic carbocycles. The summed E-state index contributed by atoms with van der Waals surface area (Å²) in [6.45, 7) is 0. The highest BCUT2D eigenvalue weighted by Gasteiger charge is 2.26. The van der Waals surface area contributed by atoms with Crippen molar-refractivity contribution in [3.05, 3.63) is 127 Å². The van der Waals surface area contributed by atoms with Gasteiger partial charge in [0.25, 0.3) is 0 Å². The number of hydrogen-bond acceptors (Lipinski definition) is 10. The average molecular weight is 672 g/mol. The fourth-order valence-corrected chi connectivity index (χ4v) is 8.47. The van der Waals surface area contributed by atoms with Gasteiger partial charge in [-0.1, -0.05) is 91.0 Å². The Kier molecular flexibility index (Phi) is 6.26. The third-order valence-electron chi connectivity index (χ3n) is 8.94. The lowest BCUT2D eigenvalue weighted by molar-refractivity contribution is 1.31. The van der Waals surface area contributed by atoms with E-state index in [9.17, 15) is 0 Å². The minimum Gasteiger partial charge on any atom is -0.304 e. The Morgan fingerprint density at radius 3 is 1.40 bits per heavy atom. The topological polar surface area (TPSA) is 80.6 Å². The zero-order valence-corrected chi connectivity index (χ0v) is 27.4. The van der Waals surface area contributed by atoms with E-state index in [0.717, 1.165) is 72.4 Å². The van der Waals surface area contributed by atoms with Crippen molar-refractivity contribution in [1.29, 1.82) is 0 Å². The smallest absolute Gasteiger partial charge is 0.129 e. The second-order valence-electron chi connectivity index (χ2n) is 11.5. The van der Waals surface area contributed by atoms with Gasteiger partial charge in [-0.3, -0.25) is 0 Å². The van der Waals surface area contributed by atoms with Crippen molar-refractivity contribution in [2.45, 2.75) is 0 Å². The van der Waals surface area contributed by atoms with Crippen molar-refractivity contribution >= 4 is 107 Å². The van der Waals surface area contributed by atoms with Crippen LogP contribution >= 0.6 is 35.2 Å². The minimum absolute atomic E-state index is 0.806. The van der Waals surface area contributed by atoms with Gasteiger partial charge in [0.1, 0.15) is 33.1 Å². The van der Waals surface area contributed by atoms with Gasteiger partial charge in [-0.25, -0.2) is 0 Å². The van der Waals surface area contributed by atoms with Crippen LogP contribution in [0.25, 0.3) is 76.9 Å². The highest BCUT2D eigenvalue weighted by Crippen LogP contribution is 2.47. The normalized spacial score (nSPS) is 11.8. The van der Waals surface area contributed by atoms with Crippen LogP contribution in [0.1, 0.15) is 0 Å². The molecule has 0 fully saturated rings. The van der Waals surface area contributed by atoms with Crippen LogP contribution in [0.3, 0.4) is 0 Å². The van der Waals surface area contributed by atoms with Gasteiger partial charge in [-0.2, -0.15) is 26.2 Å². The Morgan fingerprint density at radius 1 is 0.333 bits per heavy atom. The highest BCUT2D eigenvalue weighted by molar-refractivity contribution is 7.00. The fourth-order valence-electron chi connectivity index (χ4n) is 6.78. The van der Waals surface area contributed by atoms with Crippen LogP contribution in [0.15, 0.2) is 127 Å². The molecule has 10 heteroatoms. The molecule has 3 heterocycles. The Hall–Kier alpha value is -5.68. The summed E-state index contributed by atoms with van der Waals surface area (Å²) in [5, 5.41) is 4.72. The molecule has 0 N–H and O–H groups in total. The Morgan fingerprint density at radius 2 is 0.792 bits per heavy atom. The third kappa shape index (κ3) is 4.17. The van der Waals surface area contributed by atoms with Crippen molar-refractivity contribution in [3.63, 3.8) is 0 Å². The van der Waals surface area contributed by atoms with Crippen molar-refractivity contribution in [3.8, 4) is 22.3 Å². The fraction of sp³-hybridized carbons (Fsp3) is 0. The molecular weight excluding hydrogens is 651 g/mol. The third-order valence-corrected chi connectivity index (χ3v) is 10.5. The summed E-state index contributed by atoms with van der Waals surface area (Å²) in [6.07, 6.45) is 0. The Balaban J connectivity index is 1.23. The molecule has 0 atom stereocenters. The molecule has 0 saturated heterocycles. The SMILES string of the molecule is c1ccc2c(-c3ccc(N(c4cccc5nsnc45)c4ccc(-c5cccc6ccccc56)c5nsnc45)c4nsnc34)cccc2c1. The maximum absolute atomic E-state index is 4.91. The van der Waals surface area contributed by atoms with E-state index >= 15 is 0 Å². The van der Waals surface area contributed by atoms with Crippen molar-refractivity contribution in [1.82, 2.24) is 26.2 Å². The monoisotopic (exact) mass is 671 g/mol. The molecule has 10 rings (SSSR count). The molecule has 226 valence electrons. The van der Waals surface area contributed by atoms with Gasteiger partial charge >= 0.3 is 0 Å². The molecule has 10 aromatic rings. The molecule has 0 spiro atoms. The van der Waals surface area contributed by atoms with E-state index in [4.69, 9.17) is 21.9 Å². The molecule has 0 saturated carbocycles. The number of rotatable bonds is 5. The van der Waals surface area contributed by atoms with Crippen molar-refractivity contribution < 1.29 is 0 Å². The van der Waals surface area contributed by atoms with Crippen LogP contribution in [0.5, 0.6) is 0 Å². The largest absolute Gasteiger partial charge is 0.304 e. The van der Waals surface area contributed by atoms with Gasteiger partial charge in [0.15, 0.2) is 0 Å². The van der Waals surface area contributed by atoms with Gasteiger partial charge in [0.2, 0.25) is 0 Å². The number of nitrogens with zero attached hydrogens (tertiary/aromatic N) is 7. The first-order chi connectivity index (χ1) is 23.8. The van der Waals surface area contributed by atoms with Crippen LogP contribution in [0.2, 0.25) is 0 Å². The van der Waals surface area contributed by atoms with E-state index in [1.54, 1.807) is 0 Å². The van der Waals surface area contributed by atoms with Gasteiger partial charge in [0.05, 0.1) is 52.2 Å². The summed E-state index contributed by atoms with van der Waals surface area (Å²) in [6, 6.07) is 44.4. The zero-order valence-electron chi connectivity index (χ0n) is 25.0. The van der Waals surface area contributed by atoms with Gasteiger partial charge < -0.3 is 4.90 Å². The molecule has 0 unspecified atom stereocenters. The first kappa shape index (κ1) is 27.4. The van der Waals surface area contributed by atoms with E-state index < -0.39 is 0 Å². The maximum Gasteiger partial charge on any atom is 0.129 e. The highest BCUT2D eigenvalue weighted by atomic mass is 32.1. The molecular formula is C38H21N7S3. The molecule has 0 amide bonds. The standard InChI is InChI=1S/C38H21N7S3/c1-3-12-24-22(8-1)10-5-14-26(24)28-18-20-32(37-34(28)40-47-43-37)45(31-17-7-16-30-36(31)42-46-39-30)33-21-19-29(35-38(33)44-48-41-35)27-15-6-11-23-9-2-4-13-25(23)27/h1-21H. The Bertz CT molecular complexity index is 2670. The minimum atomic E-state index is 0.806. The number of aromatic nitrogens is 6. The van der Waals surface area contributed by atoms with Crippen molar-refractivity contribution in [2.24, 2.45) is 0 Å². The number of anilines is 3. The summed E-state index contributed by atoms with van der Waals surface area (Å²) in [5.41, 5.74) is 11.9. The molecule has 3 aromatic heterocycles. The predicted octanol–water partition coefficient (Wildman–Crippen LogP) is 10.8. The predicted molar refractivity (Wildman–Crippen MR) is 200 cm³/mol. The summed E-state index contributed by atoms with van der Waals surface area (Å²) >= 11 is 3.65. The molecule has 7 nitrogen and oxygen atoms in total. The summed E-state index contributed by atoms with van der Waals surface area (Å²) in [5.74, 6) is 0. The van der Waals surface area contributed by atoms with Gasteiger partial charge in [-0.15, -0.1) is 0 Å². The summed E-state index contributed by atoms with van der Waals surface area (Å²) in [4.78, 5) is 2.21. The second-order valence-corrected chi connectivity index (χ2v) is 13.1. The number of fused-ring (bicyclic) bond motifs is 5. The lowest BCUT2D eigenvalue weighted by Gasteiger charge is -2.26. The lowest BCUT2D eigenvalue weighted by Crippen LogP contribution is -2.12. The number of hydrogen-bond donors (Lipinski definition) is 0. The number of benzene rings is 7. The Labute approximate surface area is 286 Å². The molecule has 0 radical (unpaired) electrons. The summed E-state index contributed by atoms with van der Waals surface area (Å²) < 4.78 is 28.9. The first-order valence-electron chi connectivity index (χ1n) is 15.3. The molecule has 0 bridgehead atoms. The van der Waals surface area contributed by atoms with Crippen LogP contribution in [-0.4, -0.2) is 26.2 Å².